The molecule has 0 saturated carbocycles. The zero-order valence-corrected chi connectivity index (χ0v) is 11.5. The molecule has 0 fully saturated rings. The predicted octanol–water partition coefficient (Wildman–Crippen LogP) is 1.52. The summed E-state index contributed by atoms with van der Waals surface area (Å²) >= 11 is 0. The fourth-order valence-electron chi connectivity index (χ4n) is 2.20. The highest BCUT2D eigenvalue weighted by Crippen LogP contribution is 2.09. The Hall–Kier alpha value is -2.89. The van der Waals surface area contributed by atoms with Crippen LogP contribution >= 0.6 is 0 Å². The fourth-order valence-corrected chi connectivity index (χ4v) is 2.20. The number of aromatic nitrogens is 3. The minimum absolute atomic E-state index is 0.168. The van der Waals surface area contributed by atoms with Crippen LogP contribution in [0, 0.1) is 0 Å². The monoisotopic (exact) mass is 282 g/mol. The minimum Gasteiger partial charge on any atom is -0.350 e. The van der Waals surface area contributed by atoms with Crippen LogP contribution in [0.15, 0.2) is 47.5 Å². The molecule has 6 heteroatoms. The number of nitrogens with zero attached hydrogens (tertiary/aromatic N) is 2. The van der Waals surface area contributed by atoms with Crippen molar-refractivity contribution in [1.82, 2.24) is 19.9 Å². The number of carbonyl (C=O) groups is 1. The molecule has 2 aromatic heterocycles. The molecule has 0 radical (unpaired) electrons. The Morgan fingerprint density at radius 2 is 2.14 bits per heavy atom. The first-order chi connectivity index (χ1) is 10.1. The van der Waals surface area contributed by atoms with Crippen LogP contribution in [0.25, 0.3) is 10.9 Å². The summed E-state index contributed by atoms with van der Waals surface area (Å²) < 4.78 is 0. The van der Waals surface area contributed by atoms with E-state index in [4.69, 9.17) is 0 Å². The molecule has 0 atom stereocenters. The van der Waals surface area contributed by atoms with Gasteiger partial charge in [0.05, 0.1) is 6.54 Å². The summed E-state index contributed by atoms with van der Waals surface area (Å²) in [6.07, 6.45) is 3.33. The van der Waals surface area contributed by atoms with E-state index < -0.39 is 0 Å². The van der Waals surface area contributed by atoms with Crippen LogP contribution in [0.4, 0.5) is 0 Å². The van der Waals surface area contributed by atoms with Gasteiger partial charge in [0.1, 0.15) is 11.5 Å². The maximum absolute atomic E-state index is 12.4. The summed E-state index contributed by atoms with van der Waals surface area (Å²) in [5, 5.41) is 0.572. The number of nitrogens with one attached hydrogen (secondary N) is 2. The molecule has 106 valence electrons. The molecular formula is C15H14N4O2. The van der Waals surface area contributed by atoms with Crippen molar-refractivity contribution in [2.24, 2.45) is 0 Å². The number of para-hydroxylation sites is 1. The molecule has 0 unspecified atom stereocenters. The number of fused-ring (bicyclic) bond motifs is 1. The second-order valence-corrected chi connectivity index (χ2v) is 4.79. The molecule has 6 nitrogen and oxygen atoms in total. The molecule has 1 aromatic carbocycles. The average molecular weight is 282 g/mol. The van der Waals surface area contributed by atoms with E-state index in [-0.39, 0.29) is 17.0 Å². The van der Waals surface area contributed by atoms with E-state index in [2.05, 4.69) is 15.0 Å². The second kappa shape index (κ2) is 5.24. The van der Waals surface area contributed by atoms with Crippen molar-refractivity contribution in [3.8, 4) is 0 Å². The molecule has 0 bridgehead atoms. The van der Waals surface area contributed by atoms with Gasteiger partial charge in [0, 0.05) is 36.4 Å². The van der Waals surface area contributed by atoms with Crippen molar-refractivity contribution in [2.75, 3.05) is 7.05 Å². The van der Waals surface area contributed by atoms with Gasteiger partial charge in [-0.25, -0.2) is 4.98 Å². The Morgan fingerprint density at radius 3 is 2.90 bits per heavy atom. The highest BCUT2D eigenvalue weighted by Gasteiger charge is 2.15. The highest BCUT2D eigenvalue weighted by molar-refractivity contribution is 5.94. The summed E-state index contributed by atoms with van der Waals surface area (Å²) in [7, 11) is 1.67. The summed E-state index contributed by atoms with van der Waals surface area (Å²) in [5.41, 5.74) is 0.756. The summed E-state index contributed by atoms with van der Waals surface area (Å²) in [6.45, 7) is 0.348. The minimum atomic E-state index is -0.255. The first-order valence-corrected chi connectivity index (χ1v) is 6.51. The van der Waals surface area contributed by atoms with Crippen LogP contribution in [0.3, 0.4) is 0 Å². The van der Waals surface area contributed by atoms with Crippen LogP contribution < -0.4 is 5.43 Å². The lowest BCUT2D eigenvalue weighted by Gasteiger charge is -2.15. The Balaban J connectivity index is 1.92. The smallest absolute Gasteiger partial charge is 0.270 e. The molecule has 0 aliphatic carbocycles. The number of carbonyl (C=O) groups excluding carboxylic acids is 1. The Morgan fingerprint density at radius 1 is 1.33 bits per heavy atom. The van der Waals surface area contributed by atoms with E-state index in [1.165, 1.54) is 11.0 Å². The first kappa shape index (κ1) is 13.1. The third kappa shape index (κ3) is 2.55. The number of rotatable bonds is 3. The van der Waals surface area contributed by atoms with E-state index >= 15 is 0 Å². The highest BCUT2D eigenvalue weighted by atomic mass is 16.2. The molecule has 2 heterocycles. The second-order valence-electron chi connectivity index (χ2n) is 4.79. The van der Waals surface area contributed by atoms with Gasteiger partial charge in [0.2, 0.25) is 0 Å². The van der Waals surface area contributed by atoms with Crippen molar-refractivity contribution in [3.05, 3.63) is 64.5 Å². The van der Waals surface area contributed by atoms with Gasteiger partial charge in [-0.15, -0.1) is 0 Å². The molecule has 0 aliphatic heterocycles. The number of amides is 1. The lowest BCUT2D eigenvalue weighted by Crippen LogP contribution is -2.28. The van der Waals surface area contributed by atoms with Gasteiger partial charge >= 0.3 is 0 Å². The third-order valence-electron chi connectivity index (χ3n) is 3.26. The van der Waals surface area contributed by atoms with Gasteiger partial charge in [-0.2, -0.15) is 0 Å². The Labute approximate surface area is 120 Å². The van der Waals surface area contributed by atoms with Crippen molar-refractivity contribution >= 4 is 16.8 Å². The maximum Gasteiger partial charge on any atom is 0.270 e. The summed E-state index contributed by atoms with van der Waals surface area (Å²) in [4.78, 5) is 35.9. The number of hydrogen-bond acceptors (Lipinski definition) is 3. The quantitative estimate of drug-likeness (QED) is 0.764. The molecule has 1 amide bonds. The standard InChI is InChI=1S/C15H14N4O2/c1-19(9-14-16-6-7-17-14)15(21)12-8-13(20)10-4-2-3-5-11(10)18-12/h2-8H,9H2,1H3,(H,16,17)(H,18,20). The molecular weight excluding hydrogens is 268 g/mol. The number of aromatic amines is 2. The maximum atomic E-state index is 12.4. The first-order valence-electron chi connectivity index (χ1n) is 6.51. The van der Waals surface area contributed by atoms with E-state index in [1.54, 1.807) is 37.6 Å². The largest absolute Gasteiger partial charge is 0.350 e. The number of hydrogen-bond donors (Lipinski definition) is 2. The van der Waals surface area contributed by atoms with Crippen LogP contribution in [-0.4, -0.2) is 32.8 Å². The normalized spacial score (nSPS) is 10.7. The van der Waals surface area contributed by atoms with Crippen molar-refractivity contribution in [2.45, 2.75) is 6.54 Å². The van der Waals surface area contributed by atoms with Crippen molar-refractivity contribution < 1.29 is 4.79 Å². The molecule has 0 aliphatic rings. The van der Waals surface area contributed by atoms with Crippen LogP contribution in [0.2, 0.25) is 0 Å². The molecule has 0 saturated heterocycles. The molecule has 0 spiro atoms. The van der Waals surface area contributed by atoms with E-state index in [1.807, 2.05) is 6.07 Å². The molecule has 3 rings (SSSR count). The molecule has 3 aromatic rings. The summed E-state index contributed by atoms with van der Waals surface area (Å²) in [5.74, 6) is 0.434. The van der Waals surface area contributed by atoms with Gasteiger partial charge in [0.25, 0.3) is 5.91 Å². The summed E-state index contributed by atoms with van der Waals surface area (Å²) in [6, 6.07) is 8.46. The number of benzene rings is 1. The fraction of sp³-hybridized carbons (Fsp3) is 0.133. The number of pyridine rings is 1. The Kier molecular flexibility index (Phi) is 3.27. The van der Waals surface area contributed by atoms with Crippen LogP contribution in [-0.2, 0) is 6.54 Å². The van der Waals surface area contributed by atoms with Crippen molar-refractivity contribution in [1.29, 1.82) is 0 Å². The SMILES string of the molecule is CN(Cc1ncc[nH]1)C(=O)c1cc(=O)c2ccccc2[nH]1. The zero-order chi connectivity index (χ0) is 14.8. The number of imidazole rings is 1. The van der Waals surface area contributed by atoms with Gasteiger partial charge in [-0.05, 0) is 12.1 Å². The van der Waals surface area contributed by atoms with Crippen LogP contribution in [0.1, 0.15) is 16.3 Å². The van der Waals surface area contributed by atoms with Gasteiger partial charge in [0.15, 0.2) is 5.43 Å². The van der Waals surface area contributed by atoms with E-state index in [0.29, 0.717) is 23.3 Å². The van der Waals surface area contributed by atoms with Crippen LogP contribution in [0.5, 0.6) is 0 Å². The van der Waals surface area contributed by atoms with Gasteiger partial charge in [-0.1, -0.05) is 12.1 Å². The number of H-pyrrole nitrogens is 2. The third-order valence-corrected chi connectivity index (χ3v) is 3.26. The lowest BCUT2D eigenvalue weighted by atomic mass is 10.2. The van der Waals surface area contributed by atoms with E-state index in [0.717, 1.165) is 0 Å². The zero-order valence-electron chi connectivity index (χ0n) is 11.5. The Bertz CT molecular complexity index is 836. The molecule has 2 N–H and O–H groups in total. The predicted molar refractivity (Wildman–Crippen MR) is 79.0 cm³/mol. The van der Waals surface area contributed by atoms with Gasteiger partial charge < -0.3 is 14.9 Å². The average Bonchev–Trinajstić information content (AvgIpc) is 2.99. The van der Waals surface area contributed by atoms with Crippen molar-refractivity contribution in [3.63, 3.8) is 0 Å². The topological polar surface area (TPSA) is 81.8 Å². The van der Waals surface area contributed by atoms with E-state index in [9.17, 15) is 9.59 Å². The molecule has 21 heavy (non-hydrogen) atoms. The van der Waals surface area contributed by atoms with Gasteiger partial charge in [-0.3, -0.25) is 9.59 Å². The lowest BCUT2D eigenvalue weighted by molar-refractivity contribution is 0.0776.